The average Bonchev–Trinajstić information content (AvgIpc) is 3.11. The molecule has 0 spiro atoms. The average molecular weight is 700 g/mol. The summed E-state index contributed by atoms with van der Waals surface area (Å²) in [5, 5.41) is 28.1. The van der Waals surface area contributed by atoms with Crippen molar-refractivity contribution in [3.8, 4) is 11.1 Å². The van der Waals surface area contributed by atoms with Gasteiger partial charge in [-0.3, -0.25) is 30.0 Å². The van der Waals surface area contributed by atoms with E-state index in [4.69, 9.17) is 33.8 Å². The Kier molecular flexibility index (Phi) is 15.9. The van der Waals surface area contributed by atoms with Crippen molar-refractivity contribution in [1.29, 1.82) is 10.8 Å². The molecule has 4 amide bonds. The van der Waals surface area contributed by atoms with E-state index in [1.54, 1.807) is 24.3 Å². The molecule has 0 fully saturated rings. The molecule has 272 valence electrons. The summed E-state index contributed by atoms with van der Waals surface area (Å²) in [7, 11) is 0. The SMILES string of the molecule is N=C(N)NCCC[C@H](NC(=O)[C@H](Cc1ccccc1)NC(=O)[C@H](CCCNC(=N)N)NC(=O)[C@@H](N)Cc1ccc(-c2ccccc2)cc1)C(N)=O. The maximum Gasteiger partial charge on any atom is 0.243 e. The third-order valence-corrected chi connectivity index (χ3v) is 8.03. The monoisotopic (exact) mass is 699 g/mol. The molecule has 51 heavy (non-hydrogen) atoms. The summed E-state index contributed by atoms with van der Waals surface area (Å²) in [4.78, 5) is 52.9. The first kappa shape index (κ1) is 39.5. The van der Waals surface area contributed by atoms with Gasteiger partial charge in [-0.1, -0.05) is 84.9 Å². The van der Waals surface area contributed by atoms with Gasteiger partial charge in [0.1, 0.15) is 18.1 Å². The van der Waals surface area contributed by atoms with Crippen LogP contribution in [0.2, 0.25) is 0 Å². The zero-order chi connectivity index (χ0) is 37.2. The first-order valence-corrected chi connectivity index (χ1v) is 16.7. The van der Waals surface area contributed by atoms with Crippen molar-refractivity contribution >= 4 is 35.5 Å². The van der Waals surface area contributed by atoms with Crippen LogP contribution in [0.5, 0.6) is 0 Å². The molecular weight excluding hydrogens is 650 g/mol. The van der Waals surface area contributed by atoms with Gasteiger partial charge in [-0.15, -0.1) is 0 Å². The summed E-state index contributed by atoms with van der Waals surface area (Å²) in [6, 6.07) is 22.3. The smallest absolute Gasteiger partial charge is 0.243 e. The summed E-state index contributed by atoms with van der Waals surface area (Å²) in [6.45, 7) is 0.557. The van der Waals surface area contributed by atoms with Crippen molar-refractivity contribution in [3.05, 3.63) is 96.1 Å². The minimum absolute atomic E-state index is 0.0842. The van der Waals surface area contributed by atoms with Gasteiger partial charge in [0.05, 0.1) is 6.04 Å². The van der Waals surface area contributed by atoms with E-state index in [1.807, 2.05) is 60.7 Å². The van der Waals surface area contributed by atoms with Crippen molar-refractivity contribution in [2.24, 2.45) is 22.9 Å². The Morgan fingerprint density at radius 2 is 1.00 bits per heavy atom. The fourth-order valence-electron chi connectivity index (χ4n) is 5.31. The van der Waals surface area contributed by atoms with Crippen LogP contribution in [0.25, 0.3) is 11.1 Å². The molecule has 0 aliphatic carbocycles. The lowest BCUT2D eigenvalue weighted by atomic mass is 10.00. The van der Waals surface area contributed by atoms with Gasteiger partial charge < -0.3 is 49.5 Å². The van der Waals surface area contributed by atoms with Gasteiger partial charge >= 0.3 is 0 Å². The topological polar surface area (TPSA) is 280 Å². The molecule has 0 aromatic heterocycles. The Morgan fingerprint density at radius 1 is 0.549 bits per heavy atom. The highest BCUT2D eigenvalue weighted by Gasteiger charge is 2.30. The van der Waals surface area contributed by atoms with Crippen LogP contribution in [0.15, 0.2) is 84.9 Å². The van der Waals surface area contributed by atoms with Crippen molar-refractivity contribution in [3.63, 3.8) is 0 Å². The van der Waals surface area contributed by atoms with E-state index in [-0.39, 0.29) is 44.1 Å². The maximum absolute atomic E-state index is 13.8. The first-order valence-electron chi connectivity index (χ1n) is 16.7. The number of amides is 4. The zero-order valence-corrected chi connectivity index (χ0v) is 28.5. The molecule has 3 aromatic carbocycles. The van der Waals surface area contributed by atoms with E-state index in [1.165, 1.54) is 0 Å². The van der Waals surface area contributed by atoms with E-state index in [0.717, 1.165) is 22.3 Å². The normalized spacial score (nSPS) is 13.0. The lowest BCUT2D eigenvalue weighted by Crippen LogP contribution is -2.58. The molecule has 0 radical (unpaired) electrons. The Balaban J connectivity index is 1.73. The lowest BCUT2D eigenvalue weighted by molar-refractivity contribution is -0.133. The molecule has 15 nitrogen and oxygen atoms in total. The van der Waals surface area contributed by atoms with Gasteiger partial charge in [0.2, 0.25) is 23.6 Å². The van der Waals surface area contributed by atoms with E-state index in [0.29, 0.717) is 19.4 Å². The van der Waals surface area contributed by atoms with Gasteiger partial charge in [0, 0.05) is 19.5 Å². The number of hydrogen-bond acceptors (Lipinski definition) is 7. The quantitative estimate of drug-likeness (QED) is 0.0427. The van der Waals surface area contributed by atoms with Gasteiger partial charge in [-0.2, -0.15) is 0 Å². The third kappa shape index (κ3) is 14.2. The second-order valence-corrected chi connectivity index (χ2v) is 12.1. The van der Waals surface area contributed by atoms with Crippen LogP contribution < -0.4 is 49.5 Å². The van der Waals surface area contributed by atoms with Crippen LogP contribution >= 0.6 is 0 Å². The Hall–Kier alpha value is -5.96. The Morgan fingerprint density at radius 3 is 1.55 bits per heavy atom. The second-order valence-electron chi connectivity index (χ2n) is 12.1. The molecule has 3 rings (SSSR count). The number of rotatable bonds is 20. The summed E-state index contributed by atoms with van der Waals surface area (Å²) in [5.74, 6) is -3.06. The molecule has 0 aliphatic heterocycles. The Labute approximate surface area is 297 Å². The number of primary amides is 1. The van der Waals surface area contributed by atoms with Gasteiger partial charge in [0.15, 0.2) is 11.9 Å². The zero-order valence-electron chi connectivity index (χ0n) is 28.5. The molecule has 0 aliphatic rings. The number of carbonyl (C=O) groups is 4. The second kappa shape index (κ2) is 20.5. The van der Waals surface area contributed by atoms with Crippen molar-refractivity contribution in [2.75, 3.05) is 13.1 Å². The van der Waals surface area contributed by atoms with Crippen LogP contribution in [0.1, 0.15) is 36.8 Å². The largest absolute Gasteiger partial charge is 0.370 e. The van der Waals surface area contributed by atoms with Crippen molar-refractivity contribution < 1.29 is 19.2 Å². The van der Waals surface area contributed by atoms with Crippen LogP contribution in [0, 0.1) is 10.8 Å². The van der Waals surface area contributed by atoms with E-state index in [2.05, 4.69) is 26.6 Å². The minimum atomic E-state index is -1.14. The highest BCUT2D eigenvalue weighted by Crippen LogP contribution is 2.19. The van der Waals surface area contributed by atoms with Crippen LogP contribution in [0.3, 0.4) is 0 Å². The highest BCUT2D eigenvalue weighted by atomic mass is 16.2. The fraction of sp³-hybridized carbons (Fsp3) is 0.333. The molecule has 15 N–H and O–H groups in total. The number of benzene rings is 3. The molecular formula is C36H49N11O4. The maximum atomic E-state index is 13.8. The summed E-state index contributed by atoms with van der Waals surface area (Å²) < 4.78 is 0. The molecule has 0 saturated carbocycles. The number of hydrogen-bond donors (Lipinski definition) is 11. The summed E-state index contributed by atoms with van der Waals surface area (Å²) >= 11 is 0. The number of nitrogens with two attached hydrogens (primary N) is 4. The van der Waals surface area contributed by atoms with E-state index >= 15 is 0 Å². The molecule has 0 bridgehead atoms. The van der Waals surface area contributed by atoms with Crippen LogP contribution in [-0.4, -0.2) is 72.8 Å². The highest BCUT2D eigenvalue weighted by molar-refractivity contribution is 5.94. The van der Waals surface area contributed by atoms with Crippen molar-refractivity contribution in [2.45, 2.75) is 62.7 Å². The van der Waals surface area contributed by atoms with Crippen LogP contribution in [-0.2, 0) is 32.0 Å². The molecule has 0 saturated heterocycles. The predicted octanol–water partition coefficient (Wildman–Crippen LogP) is -0.0677. The minimum Gasteiger partial charge on any atom is -0.370 e. The van der Waals surface area contributed by atoms with Gasteiger partial charge in [-0.25, -0.2) is 0 Å². The standard InChI is InChI=1S/C36H49N11O4/c37-27(21-24-15-17-26(18-16-24)25-11-5-2-6-12-25)32(49)46-29(14-8-20-44-36(41)42)33(50)47-30(22-23-9-3-1-4-10-23)34(51)45-28(31(38)48)13-7-19-43-35(39)40/h1-6,9-12,15-18,27-30H,7-8,13-14,19-22,37H2,(H2,38,48)(H,45,51)(H,46,49)(H,47,50)(H4,39,40,43)(H4,41,42,44)/t27-,28-,29-,30-/m0/s1. The van der Waals surface area contributed by atoms with Crippen molar-refractivity contribution in [1.82, 2.24) is 26.6 Å². The molecule has 0 unspecified atom stereocenters. The summed E-state index contributed by atoms with van der Waals surface area (Å²) in [6.07, 6.45) is 1.34. The van der Waals surface area contributed by atoms with Gasteiger partial charge in [-0.05, 0) is 54.4 Å². The van der Waals surface area contributed by atoms with E-state index < -0.39 is 47.8 Å². The van der Waals surface area contributed by atoms with E-state index in [9.17, 15) is 19.2 Å². The molecule has 4 atom stereocenters. The Bertz CT molecular complexity index is 1600. The molecule has 0 heterocycles. The molecule has 15 heteroatoms. The molecule has 3 aromatic rings. The number of guanidine groups is 2. The lowest BCUT2D eigenvalue weighted by Gasteiger charge is -2.26. The first-order chi connectivity index (χ1) is 24.4. The summed E-state index contributed by atoms with van der Waals surface area (Å²) in [5.41, 5.74) is 26.3. The number of nitrogens with one attached hydrogen (secondary N) is 7. The van der Waals surface area contributed by atoms with Gasteiger partial charge in [0.25, 0.3) is 0 Å². The predicted molar refractivity (Wildman–Crippen MR) is 197 cm³/mol. The third-order valence-electron chi connectivity index (χ3n) is 8.03. The van der Waals surface area contributed by atoms with Crippen LogP contribution in [0.4, 0.5) is 0 Å². The number of carbonyl (C=O) groups excluding carboxylic acids is 4. The fourth-order valence-corrected chi connectivity index (χ4v) is 5.31.